The van der Waals surface area contributed by atoms with Crippen LogP contribution >= 0.6 is 11.3 Å². The minimum Gasteiger partial charge on any atom is -0.319 e. The van der Waals surface area contributed by atoms with Gasteiger partial charge in [0, 0.05) is 31.3 Å². The summed E-state index contributed by atoms with van der Waals surface area (Å²) in [5.41, 5.74) is 0.0981. The molecule has 0 saturated heterocycles. The van der Waals surface area contributed by atoms with Gasteiger partial charge in [-0.1, -0.05) is 31.1 Å². The number of hydrogen-bond acceptors (Lipinski definition) is 5. The van der Waals surface area contributed by atoms with E-state index in [1.54, 1.807) is 19.3 Å². The number of nitrogens with zero attached hydrogens (tertiary/aromatic N) is 3. The van der Waals surface area contributed by atoms with Gasteiger partial charge in [-0.2, -0.15) is 0 Å². The summed E-state index contributed by atoms with van der Waals surface area (Å²) in [5, 5.41) is 12.1. The third-order valence-corrected chi connectivity index (χ3v) is 3.95. The number of amides is 1. The highest BCUT2D eigenvalue weighted by Crippen LogP contribution is 2.18. The molecule has 2 heterocycles. The standard InChI is InChI=1S/C14H18N4O2S/c1-3-4-5-6-11-16-17-14(21-11)15-13(20)10-7-8-18(2)12(19)9-10/h7-9H,3-6H2,1-2H3,(H,15,17,20). The van der Waals surface area contributed by atoms with Crippen molar-refractivity contribution in [1.82, 2.24) is 14.8 Å². The Kier molecular flexibility index (Phi) is 5.21. The van der Waals surface area contributed by atoms with Crippen molar-refractivity contribution in [2.75, 3.05) is 5.32 Å². The monoisotopic (exact) mass is 306 g/mol. The Bertz CT molecular complexity index is 678. The minimum absolute atomic E-state index is 0.222. The first-order valence-electron chi connectivity index (χ1n) is 6.90. The van der Waals surface area contributed by atoms with Gasteiger partial charge in [-0.15, -0.1) is 10.2 Å². The second kappa shape index (κ2) is 7.12. The van der Waals surface area contributed by atoms with E-state index in [0.717, 1.165) is 30.7 Å². The van der Waals surface area contributed by atoms with E-state index in [1.165, 1.54) is 22.0 Å². The number of carbonyl (C=O) groups excluding carboxylic acids is 1. The maximum absolute atomic E-state index is 12.0. The van der Waals surface area contributed by atoms with Crippen LogP contribution in [0.15, 0.2) is 23.1 Å². The van der Waals surface area contributed by atoms with E-state index >= 15 is 0 Å². The van der Waals surface area contributed by atoms with E-state index in [9.17, 15) is 9.59 Å². The molecule has 0 aliphatic carbocycles. The van der Waals surface area contributed by atoms with Crippen molar-refractivity contribution >= 4 is 22.4 Å². The molecule has 0 aromatic carbocycles. The van der Waals surface area contributed by atoms with E-state index in [0.29, 0.717) is 10.7 Å². The Morgan fingerprint density at radius 2 is 2.19 bits per heavy atom. The molecule has 2 aromatic heterocycles. The van der Waals surface area contributed by atoms with Gasteiger partial charge in [-0.3, -0.25) is 14.9 Å². The minimum atomic E-state index is -0.344. The van der Waals surface area contributed by atoms with E-state index in [1.807, 2.05) is 0 Å². The van der Waals surface area contributed by atoms with Gasteiger partial charge >= 0.3 is 0 Å². The third kappa shape index (κ3) is 4.22. The first kappa shape index (κ1) is 15.4. The molecule has 0 bridgehead atoms. The molecular weight excluding hydrogens is 288 g/mol. The Morgan fingerprint density at radius 1 is 1.38 bits per heavy atom. The third-order valence-electron chi connectivity index (χ3n) is 3.05. The molecule has 7 heteroatoms. The summed E-state index contributed by atoms with van der Waals surface area (Å²) in [6, 6.07) is 2.90. The molecule has 1 N–H and O–H groups in total. The van der Waals surface area contributed by atoms with Crippen LogP contribution in [0.25, 0.3) is 0 Å². The summed E-state index contributed by atoms with van der Waals surface area (Å²) in [6.07, 6.45) is 5.84. The van der Waals surface area contributed by atoms with Gasteiger partial charge in [0.25, 0.3) is 11.5 Å². The fraction of sp³-hybridized carbons (Fsp3) is 0.429. The first-order valence-corrected chi connectivity index (χ1v) is 7.72. The average molecular weight is 306 g/mol. The molecule has 0 radical (unpaired) electrons. The second-order valence-electron chi connectivity index (χ2n) is 4.78. The first-order chi connectivity index (χ1) is 10.1. The zero-order valence-electron chi connectivity index (χ0n) is 12.1. The predicted octanol–water partition coefficient (Wildman–Crippen LogP) is 2.22. The molecule has 0 aliphatic rings. The maximum Gasteiger partial charge on any atom is 0.257 e. The van der Waals surface area contributed by atoms with Crippen molar-refractivity contribution in [3.8, 4) is 0 Å². The van der Waals surface area contributed by atoms with Crippen LogP contribution in [0.4, 0.5) is 5.13 Å². The van der Waals surface area contributed by atoms with Gasteiger partial charge in [0.15, 0.2) is 0 Å². The molecule has 2 aromatic rings. The fourth-order valence-corrected chi connectivity index (χ4v) is 2.57. The summed E-state index contributed by atoms with van der Waals surface area (Å²) in [6.45, 7) is 2.15. The van der Waals surface area contributed by atoms with Crippen LogP contribution in [-0.4, -0.2) is 20.7 Å². The van der Waals surface area contributed by atoms with Gasteiger partial charge in [0.1, 0.15) is 5.01 Å². The van der Waals surface area contributed by atoms with Crippen LogP contribution in [0.5, 0.6) is 0 Å². The van der Waals surface area contributed by atoms with Gasteiger partial charge in [0.05, 0.1) is 0 Å². The quantitative estimate of drug-likeness (QED) is 0.830. The zero-order chi connectivity index (χ0) is 15.2. The summed E-state index contributed by atoms with van der Waals surface area (Å²) >= 11 is 1.38. The number of anilines is 1. The second-order valence-corrected chi connectivity index (χ2v) is 5.84. The van der Waals surface area contributed by atoms with Crippen LogP contribution < -0.4 is 10.9 Å². The molecule has 0 fully saturated rings. The van der Waals surface area contributed by atoms with Crippen LogP contribution in [0.2, 0.25) is 0 Å². The van der Waals surface area contributed by atoms with E-state index in [2.05, 4.69) is 22.4 Å². The highest BCUT2D eigenvalue weighted by atomic mass is 32.1. The van der Waals surface area contributed by atoms with E-state index < -0.39 is 0 Å². The van der Waals surface area contributed by atoms with Gasteiger partial charge < -0.3 is 4.57 Å². The number of nitrogens with one attached hydrogen (secondary N) is 1. The zero-order valence-corrected chi connectivity index (χ0v) is 12.9. The molecular formula is C14H18N4O2S. The van der Waals surface area contributed by atoms with Crippen molar-refractivity contribution in [1.29, 1.82) is 0 Å². The molecule has 21 heavy (non-hydrogen) atoms. The van der Waals surface area contributed by atoms with Crippen LogP contribution in [-0.2, 0) is 13.5 Å². The topological polar surface area (TPSA) is 76.9 Å². The fourth-order valence-electron chi connectivity index (χ4n) is 1.79. The van der Waals surface area contributed by atoms with Gasteiger partial charge in [-0.05, 0) is 12.5 Å². The molecule has 6 nitrogen and oxygen atoms in total. The summed E-state index contributed by atoms with van der Waals surface area (Å²) in [5.74, 6) is -0.344. The normalized spacial score (nSPS) is 10.6. The molecule has 2 rings (SSSR count). The SMILES string of the molecule is CCCCCc1nnc(NC(=O)c2ccn(C)c(=O)c2)s1. The molecule has 0 unspecified atom stereocenters. The number of carbonyl (C=O) groups is 1. The Labute approximate surface area is 126 Å². The van der Waals surface area contributed by atoms with Gasteiger partial charge in [-0.25, -0.2) is 0 Å². The predicted molar refractivity (Wildman–Crippen MR) is 82.8 cm³/mol. The summed E-state index contributed by atoms with van der Waals surface area (Å²) in [7, 11) is 1.64. The van der Waals surface area contributed by atoms with E-state index in [4.69, 9.17) is 0 Å². The molecule has 0 saturated carbocycles. The molecule has 0 spiro atoms. The van der Waals surface area contributed by atoms with Crippen LogP contribution in [0.1, 0.15) is 41.6 Å². The molecule has 0 aliphatic heterocycles. The maximum atomic E-state index is 12.0. The van der Waals surface area contributed by atoms with Crippen molar-refractivity contribution in [2.24, 2.45) is 7.05 Å². The molecule has 1 amide bonds. The van der Waals surface area contributed by atoms with Crippen molar-refractivity contribution in [3.63, 3.8) is 0 Å². The highest BCUT2D eigenvalue weighted by molar-refractivity contribution is 7.15. The van der Waals surface area contributed by atoms with Crippen molar-refractivity contribution in [2.45, 2.75) is 32.6 Å². The van der Waals surface area contributed by atoms with Gasteiger partial charge in [0.2, 0.25) is 5.13 Å². The van der Waals surface area contributed by atoms with Crippen molar-refractivity contribution in [3.05, 3.63) is 39.3 Å². The lowest BCUT2D eigenvalue weighted by atomic mass is 10.2. The number of aromatic nitrogens is 3. The Balaban J connectivity index is 1.99. The smallest absolute Gasteiger partial charge is 0.257 e. The number of unbranched alkanes of at least 4 members (excludes halogenated alkanes) is 2. The largest absolute Gasteiger partial charge is 0.319 e. The number of pyridine rings is 1. The Morgan fingerprint density at radius 3 is 2.90 bits per heavy atom. The number of aryl methyl sites for hydroxylation is 2. The van der Waals surface area contributed by atoms with E-state index in [-0.39, 0.29) is 11.5 Å². The summed E-state index contributed by atoms with van der Waals surface area (Å²) < 4.78 is 1.41. The highest BCUT2D eigenvalue weighted by Gasteiger charge is 2.11. The Hall–Kier alpha value is -2.02. The molecule has 112 valence electrons. The number of hydrogen-bond donors (Lipinski definition) is 1. The van der Waals surface area contributed by atoms with Crippen molar-refractivity contribution < 1.29 is 4.79 Å². The lowest BCUT2D eigenvalue weighted by Gasteiger charge is -2.01. The average Bonchev–Trinajstić information content (AvgIpc) is 2.89. The van der Waals surface area contributed by atoms with Crippen LogP contribution in [0, 0.1) is 0 Å². The molecule has 0 atom stereocenters. The number of rotatable bonds is 6. The lowest BCUT2D eigenvalue weighted by Crippen LogP contribution is -2.19. The van der Waals surface area contributed by atoms with Crippen LogP contribution in [0.3, 0.4) is 0 Å². The summed E-state index contributed by atoms with van der Waals surface area (Å²) in [4.78, 5) is 23.5. The lowest BCUT2D eigenvalue weighted by molar-refractivity contribution is 0.102.